The molecule has 2 aliphatic heterocycles. The number of phenols is 2. The summed E-state index contributed by atoms with van der Waals surface area (Å²) in [5.74, 6) is -7.95. The molecule has 2 saturated heterocycles. The fraction of sp³-hybridized carbons (Fsp3) is 0.333. The predicted octanol–water partition coefficient (Wildman–Crippen LogP) is 1.31. The lowest BCUT2D eigenvalue weighted by molar-refractivity contribution is -0.0577. The van der Waals surface area contributed by atoms with E-state index in [2.05, 4.69) is 0 Å². The molecule has 4 heterocycles. The van der Waals surface area contributed by atoms with Gasteiger partial charge in [0.05, 0.1) is 0 Å². The number of epoxide rings is 2. The SMILES string of the molecule is COC12OC1(C13OC1(OC)C(=O)c1cc4oc(C)cc(=O)c4c(O)c1C3O)C(O)c1c(cc3oc(C)cc(=O)c3c1O)C2=O. The number of ketones is 2. The Morgan fingerprint density at radius 3 is 1.36 bits per heavy atom. The van der Waals surface area contributed by atoms with Gasteiger partial charge in [0.2, 0.25) is 22.8 Å². The fourth-order valence-corrected chi connectivity index (χ4v) is 7.49. The average Bonchev–Trinajstić information content (AvgIpc) is 3.85. The standard InChI is InChI=1S/C30H22O14/c1-9-5-13(31)19-15(41-9)7-11-17(21(19)33)25(37)27(29(39-3,43-27)23(11)35)28-26(38)18-12(24(36)30(28,40-4)44-28)8-16-20(22(18)34)14(32)6-10(2)42-16/h5-8,25-26,33-34,37-38H,1-4H3. The van der Waals surface area contributed by atoms with E-state index in [-0.39, 0.29) is 44.6 Å². The third-order valence-electron chi connectivity index (χ3n) is 9.35. The van der Waals surface area contributed by atoms with E-state index in [4.69, 9.17) is 27.8 Å². The van der Waals surface area contributed by atoms with Crippen LogP contribution in [0.25, 0.3) is 21.9 Å². The van der Waals surface area contributed by atoms with Gasteiger partial charge >= 0.3 is 0 Å². The molecule has 14 nitrogen and oxygen atoms in total. The number of hydrogen-bond acceptors (Lipinski definition) is 14. The van der Waals surface area contributed by atoms with Crippen molar-refractivity contribution in [2.45, 2.75) is 48.8 Å². The molecule has 6 unspecified atom stereocenters. The number of rotatable bonds is 3. The van der Waals surface area contributed by atoms with Gasteiger partial charge in [-0.05, 0) is 26.0 Å². The number of phenolic OH excluding ortho intramolecular Hbond substituents is 2. The number of benzene rings is 2. The zero-order valence-corrected chi connectivity index (χ0v) is 23.3. The van der Waals surface area contributed by atoms with Crippen molar-refractivity contribution in [3.8, 4) is 11.5 Å². The summed E-state index contributed by atoms with van der Waals surface area (Å²) in [6.45, 7) is 2.99. The highest BCUT2D eigenvalue weighted by molar-refractivity contribution is 6.14. The number of fused-ring (bicyclic) bond motifs is 7. The quantitative estimate of drug-likeness (QED) is 0.242. The molecule has 6 atom stereocenters. The second-order valence-electron chi connectivity index (χ2n) is 11.3. The Morgan fingerprint density at radius 2 is 1.02 bits per heavy atom. The van der Waals surface area contributed by atoms with Gasteiger partial charge in [-0.15, -0.1) is 0 Å². The maximum atomic E-state index is 14.1. The smallest absolute Gasteiger partial charge is 0.271 e. The number of aliphatic hydroxyl groups is 2. The lowest BCUT2D eigenvalue weighted by Crippen LogP contribution is -2.60. The van der Waals surface area contributed by atoms with Crippen LogP contribution in [0.15, 0.2) is 42.7 Å². The summed E-state index contributed by atoms with van der Waals surface area (Å²) >= 11 is 0. The summed E-state index contributed by atoms with van der Waals surface area (Å²) in [4.78, 5) is 53.9. The second-order valence-corrected chi connectivity index (χ2v) is 11.3. The van der Waals surface area contributed by atoms with Gasteiger partial charge < -0.3 is 48.2 Å². The van der Waals surface area contributed by atoms with E-state index in [1.165, 1.54) is 13.8 Å². The molecule has 0 saturated carbocycles. The Bertz CT molecular complexity index is 2040. The molecule has 4 N–H and O–H groups in total. The van der Waals surface area contributed by atoms with Gasteiger partial charge in [0.15, 0.2) is 10.9 Å². The Morgan fingerprint density at radius 1 is 0.659 bits per heavy atom. The van der Waals surface area contributed by atoms with Crippen LogP contribution in [0.5, 0.6) is 11.5 Å². The molecule has 0 bridgehead atoms. The first-order chi connectivity index (χ1) is 20.8. The third kappa shape index (κ3) is 2.54. The minimum absolute atomic E-state index is 0.147. The molecule has 8 rings (SSSR count). The second kappa shape index (κ2) is 7.79. The van der Waals surface area contributed by atoms with E-state index < -0.39 is 80.0 Å². The molecule has 2 aromatic carbocycles. The van der Waals surface area contributed by atoms with Gasteiger partial charge in [-0.3, -0.25) is 19.2 Å². The van der Waals surface area contributed by atoms with E-state index in [1.807, 2.05) is 0 Å². The van der Waals surface area contributed by atoms with Crippen LogP contribution in [0, 0.1) is 13.8 Å². The molecule has 4 aliphatic rings. The summed E-state index contributed by atoms with van der Waals surface area (Å²) in [6.07, 6.45) is -4.20. The number of aromatic hydroxyl groups is 2. The summed E-state index contributed by atoms with van der Waals surface area (Å²) in [7, 11) is 2.17. The number of aliphatic hydroxyl groups excluding tert-OH is 2. The number of carbonyl (C=O) groups excluding carboxylic acids is 2. The fourth-order valence-electron chi connectivity index (χ4n) is 7.49. The number of hydrogen-bond donors (Lipinski definition) is 4. The minimum Gasteiger partial charge on any atom is -0.507 e. The van der Waals surface area contributed by atoms with Crippen LogP contribution in [-0.4, -0.2) is 69.0 Å². The highest BCUT2D eigenvalue weighted by Gasteiger charge is 3.03. The largest absolute Gasteiger partial charge is 0.507 e. The van der Waals surface area contributed by atoms with Crippen LogP contribution in [0.3, 0.4) is 0 Å². The lowest BCUT2D eigenvalue weighted by atomic mass is 9.63. The Hall–Kier alpha value is -4.44. The molecule has 4 aromatic rings. The zero-order valence-electron chi connectivity index (χ0n) is 23.3. The van der Waals surface area contributed by atoms with Gasteiger partial charge in [0, 0.05) is 48.6 Å². The van der Waals surface area contributed by atoms with Crippen molar-refractivity contribution in [1.29, 1.82) is 0 Å². The van der Waals surface area contributed by atoms with Crippen LogP contribution in [0.2, 0.25) is 0 Å². The van der Waals surface area contributed by atoms with Gasteiger partial charge in [0.25, 0.3) is 11.6 Å². The van der Waals surface area contributed by atoms with Gasteiger partial charge in [0.1, 0.15) is 57.2 Å². The maximum Gasteiger partial charge on any atom is 0.271 e. The lowest BCUT2D eigenvalue weighted by Gasteiger charge is -2.39. The van der Waals surface area contributed by atoms with Crippen LogP contribution < -0.4 is 10.9 Å². The van der Waals surface area contributed by atoms with Crippen molar-refractivity contribution in [2.75, 3.05) is 14.2 Å². The predicted molar refractivity (Wildman–Crippen MR) is 143 cm³/mol. The highest BCUT2D eigenvalue weighted by Crippen LogP contribution is 2.80. The van der Waals surface area contributed by atoms with E-state index >= 15 is 0 Å². The number of aryl methyl sites for hydroxylation is 2. The normalized spacial score (nSPS) is 33.1. The van der Waals surface area contributed by atoms with E-state index in [1.54, 1.807) is 0 Å². The monoisotopic (exact) mass is 606 g/mol. The van der Waals surface area contributed by atoms with Crippen molar-refractivity contribution in [3.05, 3.63) is 78.5 Å². The van der Waals surface area contributed by atoms with Gasteiger partial charge in [-0.25, -0.2) is 0 Å². The van der Waals surface area contributed by atoms with Crippen molar-refractivity contribution in [1.82, 2.24) is 0 Å². The molecule has 2 aliphatic carbocycles. The average molecular weight is 606 g/mol. The molecular weight excluding hydrogens is 584 g/mol. The zero-order chi connectivity index (χ0) is 31.5. The molecule has 0 radical (unpaired) electrons. The third-order valence-corrected chi connectivity index (χ3v) is 9.35. The Labute approximate surface area is 244 Å². The number of Topliss-reactive ketones (excluding diaryl/α,β-unsaturated/α-hetero) is 2. The van der Waals surface area contributed by atoms with E-state index in [0.29, 0.717) is 0 Å². The molecule has 2 aromatic heterocycles. The minimum atomic E-state index is -2.49. The molecule has 0 spiro atoms. The first-order valence-electron chi connectivity index (χ1n) is 13.4. The summed E-state index contributed by atoms with van der Waals surface area (Å²) < 4.78 is 34.1. The molecule has 14 heteroatoms. The Kier molecular flexibility index (Phi) is 4.80. The van der Waals surface area contributed by atoms with Crippen molar-refractivity contribution < 1.29 is 57.8 Å². The summed E-state index contributed by atoms with van der Waals surface area (Å²) in [5, 5.41) is 46.0. The molecule has 2 fully saturated rings. The van der Waals surface area contributed by atoms with Crippen molar-refractivity contribution in [3.63, 3.8) is 0 Å². The Balaban J connectivity index is 1.42. The first kappa shape index (κ1) is 27.1. The van der Waals surface area contributed by atoms with Gasteiger partial charge in [-0.2, -0.15) is 0 Å². The molecule has 44 heavy (non-hydrogen) atoms. The van der Waals surface area contributed by atoms with Crippen LogP contribution >= 0.6 is 0 Å². The summed E-state index contributed by atoms with van der Waals surface area (Å²) in [5.41, 5.74) is -8.18. The highest BCUT2D eigenvalue weighted by atomic mass is 16.9. The molecule has 226 valence electrons. The molecular formula is C30H22O14. The summed E-state index contributed by atoms with van der Waals surface area (Å²) in [6, 6.07) is 4.53. The number of methoxy groups -OCH3 is 2. The van der Waals surface area contributed by atoms with Crippen LogP contribution in [-0.2, 0) is 18.9 Å². The van der Waals surface area contributed by atoms with Crippen molar-refractivity contribution in [2.24, 2.45) is 0 Å². The number of carbonyl (C=O) groups is 2. The molecule has 0 amide bonds. The topological polar surface area (TPSA) is 219 Å². The van der Waals surface area contributed by atoms with E-state index in [9.17, 15) is 39.6 Å². The van der Waals surface area contributed by atoms with Crippen molar-refractivity contribution >= 4 is 33.5 Å². The maximum absolute atomic E-state index is 14.1. The van der Waals surface area contributed by atoms with Crippen LogP contribution in [0.4, 0.5) is 0 Å². The van der Waals surface area contributed by atoms with Gasteiger partial charge in [-0.1, -0.05) is 0 Å². The van der Waals surface area contributed by atoms with E-state index in [0.717, 1.165) is 38.5 Å². The number of ether oxygens (including phenoxy) is 4. The first-order valence-corrected chi connectivity index (χ1v) is 13.4. The van der Waals surface area contributed by atoms with Crippen LogP contribution in [0.1, 0.15) is 55.6 Å².